The molecule has 2 heteroatoms. The van der Waals surface area contributed by atoms with Crippen molar-refractivity contribution in [3.05, 3.63) is 11.8 Å². The first-order valence-electron chi connectivity index (χ1n) is 9.72. The largest absolute Gasteiger partial charge is 0.546 e. The molecule has 1 nitrogen and oxygen atoms in total. The molecule has 0 amide bonds. The second-order valence-electron chi connectivity index (χ2n) is 7.98. The standard InChI is InChI=1S/C21H38OSi/c1-8-9-10-11-13-20-14-12-15-21(16-20)22-23(17(2)3,18(4)5)19(6)7/h16-20H,8-10,12,14-15H2,1-7H3. The van der Waals surface area contributed by atoms with Crippen LogP contribution in [0.25, 0.3) is 0 Å². The lowest BCUT2D eigenvalue weighted by Crippen LogP contribution is -2.47. The van der Waals surface area contributed by atoms with Gasteiger partial charge in [-0.1, -0.05) is 60.8 Å². The number of hydrogen-bond donors (Lipinski definition) is 0. The van der Waals surface area contributed by atoms with E-state index >= 15 is 0 Å². The lowest BCUT2D eigenvalue weighted by atomic mass is 9.95. The summed E-state index contributed by atoms with van der Waals surface area (Å²) < 4.78 is 6.85. The van der Waals surface area contributed by atoms with Crippen LogP contribution in [0, 0.1) is 17.8 Å². The van der Waals surface area contributed by atoms with Gasteiger partial charge >= 0.3 is 0 Å². The Kier molecular flexibility index (Phi) is 8.48. The Morgan fingerprint density at radius 1 is 1.13 bits per heavy atom. The van der Waals surface area contributed by atoms with E-state index in [9.17, 15) is 0 Å². The van der Waals surface area contributed by atoms with Gasteiger partial charge in [0.2, 0.25) is 0 Å². The Morgan fingerprint density at radius 2 is 1.74 bits per heavy atom. The Hall–Kier alpha value is -0.683. The SMILES string of the molecule is CCCCC#CC1C=C(O[Si](C(C)C)(C(C)C)C(C)C)CCC1. The molecule has 0 aromatic heterocycles. The zero-order valence-corrected chi connectivity index (χ0v) is 17.5. The van der Waals surface area contributed by atoms with E-state index in [-0.39, 0.29) is 0 Å². The van der Waals surface area contributed by atoms with Crippen LogP contribution in [0.4, 0.5) is 0 Å². The Bertz CT molecular complexity index is 415. The predicted molar refractivity (Wildman–Crippen MR) is 105 cm³/mol. The van der Waals surface area contributed by atoms with Gasteiger partial charge in [-0.05, 0) is 42.0 Å². The molecule has 1 aliphatic rings. The second-order valence-corrected chi connectivity index (χ2v) is 13.4. The minimum absolute atomic E-state index is 0.411. The minimum Gasteiger partial charge on any atom is -0.546 e. The third-order valence-corrected chi connectivity index (χ3v) is 11.3. The molecule has 0 radical (unpaired) electrons. The molecular weight excluding hydrogens is 296 g/mol. The van der Waals surface area contributed by atoms with Gasteiger partial charge in [-0.15, -0.1) is 5.92 Å². The molecule has 1 aliphatic carbocycles. The topological polar surface area (TPSA) is 9.23 Å². The van der Waals surface area contributed by atoms with Gasteiger partial charge in [0.05, 0.1) is 5.76 Å². The summed E-state index contributed by atoms with van der Waals surface area (Å²) in [4.78, 5) is 0. The van der Waals surface area contributed by atoms with Gasteiger partial charge in [-0.25, -0.2) is 0 Å². The Balaban J connectivity index is 2.90. The maximum atomic E-state index is 6.85. The average Bonchev–Trinajstić information content (AvgIpc) is 2.48. The zero-order chi connectivity index (χ0) is 17.5. The van der Waals surface area contributed by atoms with Crippen molar-refractivity contribution in [3.8, 4) is 11.8 Å². The first kappa shape index (κ1) is 20.4. The molecule has 0 bridgehead atoms. The molecule has 1 atom stereocenters. The lowest BCUT2D eigenvalue weighted by Gasteiger charge is -2.43. The first-order valence-corrected chi connectivity index (χ1v) is 11.9. The van der Waals surface area contributed by atoms with Gasteiger partial charge in [-0.3, -0.25) is 0 Å². The highest BCUT2D eigenvalue weighted by Crippen LogP contribution is 2.44. The van der Waals surface area contributed by atoms with Gasteiger partial charge in [0, 0.05) is 18.8 Å². The van der Waals surface area contributed by atoms with Crippen molar-refractivity contribution in [2.45, 2.75) is 104 Å². The maximum Gasteiger partial charge on any atom is 0.258 e. The van der Waals surface area contributed by atoms with Crippen molar-refractivity contribution < 1.29 is 4.43 Å². The Morgan fingerprint density at radius 3 is 2.26 bits per heavy atom. The quantitative estimate of drug-likeness (QED) is 0.275. The highest BCUT2D eigenvalue weighted by Gasteiger charge is 2.47. The predicted octanol–water partition coefficient (Wildman–Crippen LogP) is 7.06. The van der Waals surface area contributed by atoms with Crippen molar-refractivity contribution in [2.24, 2.45) is 5.92 Å². The van der Waals surface area contributed by atoms with Crippen LogP contribution in [0.3, 0.4) is 0 Å². The monoisotopic (exact) mass is 334 g/mol. The van der Waals surface area contributed by atoms with E-state index in [1.54, 1.807) is 0 Å². The van der Waals surface area contributed by atoms with E-state index in [2.05, 4.69) is 66.4 Å². The minimum atomic E-state index is -1.80. The molecule has 0 heterocycles. The number of unbranched alkanes of at least 4 members (excludes halogenated alkanes) is 2. The van der Waals surface area contributed by atoms with Crippen molar-refractivity contribution >= 4 is 8.32 Å². The molecule has 132 valence electrons. The molecule has 0 aromatic carbocycles. The Labute approximate surface area is 146 Å². The van der Waals surface area contributed by atoms with Gasteiger partial charge in [0.25, 0.3) is 8.32 Å². The molecule has 0 N–H and O–H groups in total. The third-order valence-electron chi connectivity index (χ3n) is 5.28. The van der Waals surface area contributed by atoms with Crippen LogP contribution in [-0.2, 0) is 4.43 Å². The second kappa shape index (κ2) is 9.57. The summed E-state index contributed by atoms with van der Waals surface area (Å²) in [6.07, 6.45) is 9.36. The van der Waals surface area contributed by atoms with Gasteiger partial charge in [0.15, 0.2) is 0 Å². The number of rotatable bonds is 7. The summed E-state index contributed by atoms with van der Waals surface area (Å²) in [6, 6.07) is 0. The van der Waals surface area contributed by atoms with Crippen LogP contribution in [0.1, 0.15) is 87.0 Å². The van der Waals surface area contributed by atoms with E-state index < -0.39 is 8.32 Å². The molecule has 0 aromatic rings. The summed E-state index contributed by atoms with van der Waals surface area (Å²) in [5, 5.41) is 0. The summed E-state index contributed by atoms with van der Waals surface area (Å²) in [7, 11) is -1.80. The van der Waals surface area contributed by atoms with Crippen molar-refractivity contribution in [3.63, 3.8) is 0 Å². The fourth-order valence-electron chi connectivity index (χ4n) is 4.14. The molecule has 0 aliphatic heterocycles. The molecule has 0 saturated carbocycles. The van der Waals surface area contributed by atoms with E-state index in [1.165, 1.54) is 31.4 Å². The summed E-state index contributed by atoms with van der Waals surface area (Å²) in [5.74, 6) is 8.49. The molecule has 0 saturated heterocycles. The van der Waals surface area contributed by atoms with Crippen molar-refractivity contribution in [1.82, 2.24) is 0 Å². The number of allylic oxidation sites excluding steroid dienone is 2. The van der Waals surface area contributed by atoms with Crippen LogP contribution >= 0.6 is 0 Å². The van der Waals surface area contributed by atoms with Crippen molar-refractivity contribution in [2.75, 3.05) is 0 Å². The first-order chi connectivity index (χ1) is 10.8. The van der Waals surface area contributed by atoms with E-state index in [1.807, 2.05) is 0 Å². The summed E-state index contributed by atoms with van der Waals surface area (Å²) in [5.41, 5.74) is 1.92. The molecule has 0 spiro atoms. The molecule has 0 fully saturated rings. The summed E-state index contributed by atoms with van der Waals surface area (Å²) in [6.45, 7) is 16.4. The normalized spacial score (nSPS) is 18.9. The van der Waals surface area contributed by atoms with E-state index in [0.29, 0.717) is 22.5 Å². The fraction of sp³-hybridized carbons (Fsp3) is 0.810. The van der Waals surface area contributed by atoms with Crippen LogP contribution < -0.4 is 0 Å². The maximum absolute atomic E-state index is 6.85. The molecule has 1 unspecified atom stereocenters. The van der Waals surface area contributed by atoms with Crippen LogP contribution in [0.5, 0.6) is 0 Å². The smallest absolute Gasteiger partial charge is 0.258 e. The number of hydrogen-bond acceptors (Lipinski definition) is 1. The molecule has 23 heavy (non-hydrogen) atoms. The van der Waals surface area contributed by atoms with Gasteiger partial charge in [0.1, 0.15) is 0 Å². The third kappa shape index (κ3) is 5.42. The lowest BCUT2D eigenvalue weighted by molar-refractivity contribution is 0.334. The zero-order valence-electron chi connectivity index (χ0n) is 16.5. The van der Waals surface area contributed by atoms with Gasteiger partial charge in [-0.2, -0.15) is 0 Å². The van der Waals surface area contributed by atoms with Crippen molar-refractivity contribution in [1.29, 1.82) is 0 Å². The van der Waals surface area contributed by atoms with E-state index in [0.717, 1.165) is 12.8 Å². The average molecular weight is 335 g/mol. The summed E-state index contributed by atoms with van der Waals surface area (Å²) >= 11 is 0. The highest BCUT2D eigenvalue weighted by molar-refractivity contribution is 6.77. The highest BCUT2D eigenvalue weighted by atomic mass is 28.4. The van der Waals surface area contributed by atoms with Gasteiger partial charge < -0.3 is 4.43 Å². The molecule has 1 rings (SSSR count). The molecular formula is C21H38OSi. The van der Waals surface area contributed by atoms with E-state index in [4.69, 9.17) is 4.43 Å². The fourth-order valence-corrected chi connectivity index (χ4v) is 9.47. The van der Waals surface area contributed by atoms with Crippen LogP contribution in [-0.4, -0.2) is 8.32 Å². The van der Waals surface area contributed by atoms with Crippen LogP contribution in [0.15, 0.2) is 11.8 Å². The van der Waals surface area contributed by atoms with Crippen LogP contribution in [0.2, 0.25) is 16.6 Å².